The van der Waals surface area contributed by atoms with Gasteiger partial charge in [-0.1, -0.05) is 33.2 Å². The highest BCUT2D eigenvalue weighted by atomic mass is 79.9. The molecule has 0 aliphatic carbocycles. The summed E-state index contributed by atoms with van der Waals surface area (Å²) in [5.41, 5.74) is -0.331. The number of amides is 3. The fourth-order valence-electron chi connectivity index (χ4n) is 3.15. The third kappa shape index (κ3) is 3.43. The molecule has 1 aromatic heterocycles. The summed E-state index contributed by atoms with van der Waals surface area (Å²) in [4.78, 5) is 41.0. The molecule has 10 nitrogen and oxygen atoms in total. The number of urea groups is 1. The molecule has 0 radical (unpaired) electrons. The minimum Gasteiger partial charge on any atom is -0.337 e. The lowest BCUT2D eigenvalue weighted by Crippen LogP contribution is -2.40. The molecule has 1 N–H and O–H groups in total. The molecule has 2 heterocycles. The summed E-state index contributed by atoms with van der Waals surface area (Å²) < 4.78 is 6.05. The first-order chi connectivity index (χ1) is 14.3. The summed E-state index contributed by atoms with van der Waals surface area (Å²) >= 11 is 3.37. The SMILES string of the molecule is CC1(c2ccc([N+](=O)[O-])cc2)NC(=O)N(Cc2nc(-c3cccc(Br)c3)no2)C1=O. The Morgan fingerprint density at radius 3 is 2.63 bits per heavy atom. The Balaban J connectivity index is 1.55. The number of benzene rings is 2. The van der Waals surface area contributed by atoms with E-state index < -0.39 is 22.4 Å². The highest BCUT2D eigenvalue weighted by Crippen LogP contribution is 2.31. The predicted molar refractivity (Wildman–Crippen MR) is 107 cm³/mol. The molecule has 1 fully saturated rings. The second-order valence-electron chi connectivity index (χ2n) is 6.77. The fourth-order valence-corrected chi connectivity index (χ4v) is 3.55. The van der Waals surface area contributed by atoms with Crippen molar-refractivity contribution in [3.63, 3.8) is 0 Å². The molecule has 30 heavy (non-hydrogen) atoms. The van der Waals surface area contributed by atoms with Crippen molar-refractivity contribution in [2.45, 2.75) is 19.0 Å². The van der Waals surface area contributed by atoms with Gasteiger partial charge < -0.3 is 9.84 Å². The Kier molecular flexibility index (Phi) is 4.82. The van der Waals surface area contributed by atoms with Crippen LogP contribution in [0.4, 0.5) is 10.5 Å². The van der Waals surface area contributed by atoms with Gasteiger partial charge in [0, 0.05) is 22.2 Å². The number of imide groups is 1. The summed E-state index contributed by atoms with van der Waals surface area (Å²) in [6.45, 7) is 1.34. The van der Waals surface area contributed by atoms with E-state index in [-0.39, 0.29) is 18.1 Å². The average molecular weight is 472 g/mol. The van der Waals surface area contributed by atoms with E-state index in [9.17, 15) is 19.7 Å². The van der Waals surface area contributed by atoms with Gasteiger partial charge in [-0.05, 0) is 36.8 Å². The zero-order valence-corrected chi connectivity index (χ0v) is 17.1. The van der Waals surface area contributed by atoms with E-state index in [1.165, 1.54) is 31.2 Å². The van der Waals surface area contributed by atoms with Crippen LogP contribution in [-0.2, 0) is 16.9 Å². The number of rotatable bonds is 5. The molecule has 1 aliphatic heterocycles. The van der Waals surface area contributed by atoms with E-state index in [2.05, 4.69) is 31.4 Å². The monoisotopic (exact) mass is 471 g/mol. The van der Waals surface area contributed by atoms with Crippen molar-refractivity contribution in [3.05, 3.63) is 74.6 Å². The van der Waals surface area contributed by atoms with Crippen molar-refractivity contribution in [2.75, 3.05) is 0 Å². The fraction of sp³-hybridized carbons (Fsp3) is 0.158. The van der Waals surface area contributed by atoms with Crippen LogP contribution in [0.2, 0.25) is 0 Å². The summed E-state index contributed by atoms with van der Waals surface area (Å²) in [6, 6.07) is 12.1. The van der Waals surface area contributed by atoms with Gasteiger partial charge in [-0.15, -0.1) is 0 Å². The molecule has 3 aromatic rings. The topological polar surface area (TPSA) is 131 Å². The standard InChI is InChI=1S/C19H14BrN5O5/c1-19(12-5-7-14(8-6-12)25(28)29)17(26)24(18(27)22-19)10-15-21-16(23-30-15)11-3-2-4-13(20)9-11/h2-9H,10H2,1H3,(H,22,27). The molecule has 1 unspecified atom stereocenters. The van der Waals surface area contributed by atoms with E-state index in [1.807, 2.05) is 18.2 Å². The molecule has 11 heteroatoms. The molecule has 0 spiro atoms. The summed E-state index contributed by atoms with van der Waals surface area (Å²) in [7, 11) is 0. The van der Waals surface area contributed by atoms with Gasteiger partial charge in [0.2, 0.25) is 11.7 Å². The average Bonchev–Trinajstić information content (AvgIpc) is 3.27. The van der Waals surface area contributed by atoms with Crippen LogP contribution in [0.5, 0.6) is 0 Å². The first-order valence-electron chi connectivity index (χ1n) is 8.75. The Morgan fingerprint density at radius 2 is 1.97 bits per heavy atom. The summed E-state index contributed by atoms with van der Waals surface area (Å²) in [5, 5.41) is 17.4. The quantitative estimate of drug-likeness (QED) is 0.342. The minimum atomic E-state index is -1.36. The smallest absolute Gasteiger partial charge is 0.325 e. The first-order valence-corrected chi connectivity index (χ1v) is 9.55. The van der Waals surface area contributed by atoms with Crippen molar-refractivity contribution in [2.24, 2.45) is 0 Å². The van der Waals surface area contributed by atoms with Gasteiger partial charge in [-0.2, -0.15) is 4.98 Å². The third-order valence-corrected chi connectivity index (χ3v) is 5.27. The number of carbonyl (C=O) groups is 2. The molecule has 1 atom stereocenters. The van der Waals surface area contributed by atoms with E-state index >= 15 is 0 Å². The molecule has 1 saturated heterocycles. The van der Waals surface area contributed by atoms with Crippen molar-refractivity contribution in [1.29, 1.82) is 0 Å². The Morgan fingerprint density at radius 1 is 1.23 bits per heavy atom. The molecule has 3 amide bonds. The van der Waals surface area contributed by atoms with Gasteiger partial charge in [0.25, 0.3) is 11.6 Å². The van der Waals surface area contributed by atoms with Crippen molar-refractivity contribution in [3.8, 4) is 11.4 Å². The Bertz CT molecular complexity index is 1160. The van der Waals surface area contributed by atoms with Crippen LogP contribution < -0.4 is 5.32 Å². The lowest BCUT2D eigenvalue weighted by atomic mass is 9.92. The molecular weight excluding hydrogens is 458 g/mol. The highest BCUT2D eigenvalue weighted by molar-refractivity contribution is 9.10. The van der Waals surface area contributed by atoms with Crippen LogP contribution in [0, 0.1) is 10.1 Å². The van der Waals surface area contributed by atoms with E-state index in [1.54, 1.807) is 6.07 Å². The maximum Gasteiger partial charge on any atom is 0.325 e. The zero-order valence-electron chi connectivity index (χ0n) is 15.5. The van der Waals surface area contributed by atoms with E-state index in [0.717, 1.165) is 9.37 Å². The van der Waals surface area contributed by atoms with Crippen LogP contribution in [-0.4, -0.2) is 31.9 Å². The van der Waals surface area contributed by atoms with Gasteiger partial charge in [0.15, 0.2) is 0 Å². The van der Waals surface area contributed by atoms with Crippen LogP contribution in [0.3, 0.4) is 0 Å². The summed E-state index contributed by atoms with van der Waals surface area (Å²) in [6.07, 6.45) is 0. The van der Waals surface area contributed by atoms with Gasteiger partial charge >= 0.3 is 6.03 Å². The molecular formula is C19H14BrN5O5. The lowest BCUT2D eigenvalue weighted by Gasteiger charge is -2.21. The lowest BCUT2D eigenvalue weighted by molar-refractivity contribution is -0.384. The normalized spacial score (nSPS) is 18.5. The Hall–Kier alpha value is -3.60. The summed E-state index contributed by atoms with van der Waals surface area (Å²) in [5.74, 6) is -0.0959. The minimum absolute atomic E-state index is 0.0985. The van der Waals surface area contributed by atoms with Gasteiger partial charge in [0.1, 0.15) is 12.1 Å². The number of hydrogen-bond donors (Lipinski definition) is 1. The number of non-ortho nitro benzene ring substituents is 1. The number of hydrogen-bond acceptors (Lipinski definition) is 7. The number of nitro groups is 1. The van der Waals surface area contributed by atoms with E-state index in [4.69, 9.17) is 4.52 Å². The van der Waals surface area contributed by atoms with Crippen molar-refractivity contribution in [1.82, 2.24) is 20.4 Å². The van der Waals surface area contributed by atoms with Gasteiger partial charge in [0.05, 0.1) is 4.92 Å². The number of nitro benzene ring substituents is 1. The number of halogens is 1. The zero-order chi connectivity index (χ0) is 21.5. The second-order valence-corrected chi connectivity index (χ2v) is 7.69. The maximum atomic E-state index is 13.0. The molecule has 152 valence electrons. The number of nitrogens with zero attached hydrogens (tertiary/aromatic N) is 4. The maximum absolute atomic E-state index is 13.0. The predicted octanol–water partition coefficient (Wildman–Crippen LogP) is 3.37. The molecule has 0 saturated carbocycles. The second kappa shape index (κ2) is 7.34. The van der Waals surface area contributed by atoms with Crippen molar-refractivity contribution < 1.29 is 19.0 Å². The van der Waals surface area contributed by atoms with Crippen LogP contribution in [0.25, 0.3) is 11.4 Å². The number of nitrogens with one attached hydrogen (secondary N) is 1. The van der Waals surface area contributed by atoms with E-state index in [0.29, 0.717) is 17.0 Å². The number of carbonyl (C=O) groups excluding carboxylic acids is 2. The molecule has 2 aromatic carbocycles. The first kappa shape index (κ1) is 19.7. The third-order valence-electron chi connectivity index (χ3n) is 4.77. The van der Waals surface area contributed by atoms with Gasteiger partial charge in [-0.25, -0.2) is 4.79 Å². The number of aromatic nitrogens is 2. The molecule has 4 rings (SSSR count). The molecule has 1 aliphatic rings. The van der Waals surface area contributed by atoms with Crippen molar-refractivity contribution >= 4 is 33.6 Å². The van der Waals surface area contributed by atoms with Crippen LogP contribution in [0.1, 0.15) is 18.4 Å². The van der Waals surface area contributed by atoms with Gasteiger partial charge in [-0.3, -0.25) is 19.8 Å². The Labute approximate surface area is 178 Å². The van der Waals surface area contributed by atoms with Crippen LogP contribution in [0.15, 0.2) is 57.5 Å². The largest absolute Gasteiger partial charge is 0.337 e. The van der Waals surface area contributed by atoms with Crippen LogP contribution >= 0.6 is 15.9 Å². The molecule has 0 bridgehead atoms. The highest BCUT2D eigenvalue weighted by Gasteiger charge is 2.49.